The number of nitrogens with one attached hydrogen (secondary N) is 1. The minimum absolute atomic E-state index is 0.714. The van der Waals surface area contributed by atoms with E-state index in [1.165, 1.54) is 41.7 Å². The zero-order valence-electron chi connectivity index (χ0n) is 12.1. The Morgan fingerprint density at radius 1 is 1.10 bits per heavy atom. The van der Waals surface area contributed by atoms with Gasteiger partial charge in [0.1, 0.15) is 0 Å². The molecule has 0 saturated heterocycles. The van der Waals surface area contributed by atoms with Gasteiger partial charge in [0.25, 0.3) is 0 Å². The topological polar surface area (TPSA) is 12.0 Å². The Morgan fingerprint density at radius 3 is 2.70 bits per heavy atom. The summed E-state index contributed by atoms with van der Waals surface area (Å²) in [5.41, 5.74) is 2.67. The van der Waals surface area contributed by atoms with Crippen molar-refractivity contribution < 1.29 is 0 Å². The molecule has 1 N–H and O–H groups in total. The van der Waals surface area contributed by atoms with Crippen molar-refractivity contribution in [2.45, 2.75) is 45.2 Å². The highest BCUT2D eigenvalue weighted by molar-refractivity contribution is 7.10. The lowest BCUT2D eigenvalue weighted by molar-refractivity contribution is 0.280. The second-order valence-corrected chi connectivity index (χ2v) is 6.91. The second-order valence-electron chi connectivity index (χ2n) is 5.92. The van der Waals surface area contributed by atoms with Gasteiger partial charge in [0, 0.05) is 17.5 Å². The lowest BCUT2D eigenvalue weighted by Crippen LogP contribution is -2.36. The largest absolute Gasteiger partial charge is 0.309 e. The summed E-state index contributed by atoms with van der Waals surface area (Å²) >= 11 is 1.87. The van der Waals surface area contributed by atoms with Crippen LogP contribution >= 0.6 is 11.3 Å². The van der Waals surface area contributed by atoms with Crippen molar-refractivity contribution in [3.05, 3.63) is 46.7 Å². The van der Waals surface area contributed by atoms with Crippen LogP contribution in [0.2, 0.25) is 0 Å². The molecule has 2 unspecified atom stereocenters. The van der Waals surface area contributed by atoms with Crippen LogP contribution in [0.25, 0.3) is 11.1 Å². The third kappa shape index (κ3) is 3.31. The fourth-order valence-electron chi connectivity index (χ4n) is 3.11. The second kappa shape index (κ2) is 6.55. The van der Waals surface area contributed by atoms with Crippen LogP contribution in [0.5, 0.6) is 0 Å². The first-order valence-electron chi connectivity index (χ1n) is 7.69. The van der Waals surface area contributed by atoms with Gasteiger partial charge in [-0.15, -0.1) is 11.3 Å². The summed E-state index contributed by atoms with van der Waals surface area (Å²) in [6.45, 7) is 3.41. The Bertz CT molecular complexity index is 531. The quantitative estimate of drug-likeness (QED) is 0.825. The molecule has 1 nitrogen and oxygen atoms in total. The Morgan fingerprint density at radius 2 is 1.90 bits per heavy atom. The molecule has 2 atom stereocenters. The Balaban J connectivity index is 1.60. The van der Waals surface area contributed by atoms with Gasteiger partial charge >= 0.3 is 0 Å². The van der Waals surface area contributed by atoms with Crippen molar-refractivity contribution in [2.75, 3.05) is 0 Å². The van der Waals surface area contributed by atoms with E-state index >= 15 is 0 Å². The maximum absolute atomic E-state index is 3.76. The lowest BCUT2D eigenvalue weighted by atomic mass is 9.86. The average Bonchev–Trinajstić information content (AvgIpc) is 2.96. The normalized spacial score (nSPS) is 22.9. The van der Waals surface area contributed by atoms with Crippen molar-refractivity contribution in [3.8, 4) is 11.1 Å². The molecular weight excluding hydrogens is 262 g/mol. The molecule has 0 amide bonds. The Labute approximate surface area is 126 Å². The van der Waals surface area contributed by atoms with E-state index in [-0.39, 0.29) is 0 Å². The molecule has 106 valence electrons. The number of thiophene rings is 1. The van der Waals surface area contributed by atoms with E-state index in [1.54, 1.807) is 0 Å². The zero-order valence-corrected chi connectivity index (χ0v) is 13.0. The van der Waals surface area contributed by atoms with Crippen LogP contribution in [0.1, 0.15) is 37.5 Å². The van der Waals surface area contributed by atoms with Gasteiger partial charge in [-0.25, -0.2) is 0 Å². The van der Waals surface area contributed by atoms with Crippen LogP contribution in [-0.4, -0.2) is 6.04 Å². The summed E-state index contributed by atoms with van der Waals surface area (Å²) in [7, 11) is 0. The zero-order chi connectivity index (χ0) is 13.8. The van der Waals surface area contributed by atoms with Crippen molar-refractivity contribution in [1.82, 2.24) is 5.32 Å². The van der Waals surface area contributed by atoms with E-state index in [1.807, 2.05) is 11.3 Å². The van der Waals surface area contributed by atoms with Crippen molar-refractivity contribution >= 4 is 11.3 Å². The van der Waals surface area contributed by atoms with Gasteiger partial charge in [0.2, 0.25) is 0 Å². The molecule has 0 aliphatic heterocycles. The standard InChI is InChI=1S/C18H23NS/c1-14-7-5-6-10-18(14)19-12-17-11-16(13-20-17)15-8-3-2-4-9-15/h2-4,8-9,11,13-14,18-19H,5-7,10,12H2,1H3. The van der Waals surface area contributed by atoms with Gasteiger partial charge in [0.05, 0.1) is 0 Å². The van der Waals surface area contributed by atoms with Gasteiger partial charge in [0.15, 0.2) is 0 Å². The molecule has 1 aromatic carbocycles. The first-order valence-corrected chi connectivity index (χ1v) is 8.57. The summed E-state index contributed by atoms with van der Waals surface area (Å²) in [5, 5.41) is 6.04. The van der Waals surface area contributed by atoms with Crippen molar-refractivity contribution in [2.24, 2.45) is 5.92 Å². The third-order valence-corrected chi connectivity index (χ3v) is 5.35. The fraction of sp³-hybridized carbons (Fsp3) is 0.444. The van der Waals surface area contributed by atoms with Gasteiger partial charge < -0.3 is 5.32 Å². The highest BCUT2D eigenvalue weighted by atomic mass is 32.1. The molecule has 1 aliphatic carbocycles. The SMILES string of the molecule is CC1CCCCC1NCc1cc(-c2ccccc2)cs1. The minimum atomic E-state index is 0.714. The van der Waals surface area contributed by atoms with E-state index in [2.05, 4.69) is 54.0 Å². The first-order chi connectivity index (χ1) is 9.83. The number of hydrogen-bond acceptors (Lipinski definition) is 2. The molecule has 0 bridgehead atoms. The van der Waals surface area contributed by atoms with Gasteiger partial charge in [-0.2, -0.15) is 0 Å². The molecule has 1 saturated carbocycles. The smallest absolute Gasteiger partial charge is 0.0302 e. The Kier molecular flexibility index (Phi) is 4.54. The van der Waals surface area contributed by atoms with Gasteiger partial charge in [-0.05, 0) is 41.3 Å². The molecule has 0 spiro atoms. The van der Waals surface area contributed by atoms with Crippen molar-refractivity contribution in [3.63, 3.8) is 0 Å². The van der Waals surface area contributed by atoms with E-state index in [0.717, 1.165) is 12.5 Å². The van der Waals surface area contributed by atoms with Gasteiger partial charge in [-0.1, -0.05) is 50.1 Å². The maximum atomic E-state index is 3.76. The fourth-order valence-corrected chi connectivity index (χ4v) is 3.95. The number of hydrogen-bond donors (Lipinski definition) is 1. The molecule has 1 aromatic heterocycles. The van der Waals surface area contributed by atoms with E-state index in [9.17, 15) is 0 Å². The van der Waals surface area contributed by atoms with Gasteiger partial charge in [-0.3, -0.25) is 0 Å². The van der Waals surface area contributed by atoms with Crippen LogP contribution in [-0.2, 0) is 6.54 Å². The molecule has 0 radical (unpaired) electrons. The molecule has 3 rings (SSSR count). The monoisotopic (exact) mass is 285 g/mol. The predicted octanol–water partition coefficient (Wildman–Crippen LogP) is 5.08. The summed E-state index contributed by atoms with van der Waals surface area (Å²) in [6, 6.07) is 13.7. The minimum Gasteiger partial charge on any atom is -0.309 e. The third-order valence-electron chi connectivity index (χ3n) is 4.41. The molecule has 1 aliphatic rings. The lowest BCUT2D eigenvalue weighted by Gasteiger charge is -2.29. The molecule has 2 heteroatoms. The molecule has 2 aromatic rings. The highest BCUT2D eigenvalue weighted by Crippen LogP contribution is 2.27. The molecule has 1 heterocycles. The van der Waals surface area contributed by atoms with Crippen molar-refractivity contribution in [1.29, 1.82) is 0 Å². The molecule has 1 fully saturated rings. The van der Waals surface area contributed by atoms with E-state index in [4.69, 9.17) is 0 Å². The molecular formula is C18H23NS. The number of benzene rings is 1. The van der Waals surface area contributed by atoms with E-state index < -0.39 is 0 Å². The van der Waals surface area contributed by atoms with Crippen LogP contribution in [0.3, 0.4) is 0 Å². The first kappa shape index (κ1) is 13.8. The van der Waals surface area contributed by atoms with Crippen LogP contribution in [0, 0.1) is 5.92 Å². The number of rotatable bonds is 4. The van der Waals surface area contributed by atoms with E-state index in [0.29, 0.717) is 6.04 Å². The van der Waals surface area contributed by atoms with Crippen LogP contribution in [0.15, 0.2) is 41.8 Å². The molecule has 20 heavy (non-hydrogen) atoms. The average molecular weight is 285 g/mol. The van der Waals surface area contributed by atoms with Crippen LogP contribution in [0.4, 0.5) is 0 Å². The highest BCUT2D eigenvalue weighted by Gasteiger charge is 2.20. The summed E-state index contributed by atoms with van der Waals surface area (Å²) in [5.74, 6) is 0.831. The summed E-state index contributed by atoms with van der Waals surface area (Å²) < 4.78 is 0. The maximum Gasteiger partial charge on any atom is 0.0302 e. The summed E-state index contributed by atoms with van der Waals surface area (Å²) in [6.07, 6.45) is 5.54. The Hall–Kier alpha value is -1.12. The summed E-state index contributed by atoms with van der Waals surface area (Å²) in [4.78, 5) is 1.45. The van der Waals surface area contributed by atoms with Crippen LogP contribution < -0.4 is 5.32 Å². The predicted molar refractivity (Wildman–Crippen MR) is 88.0 cm³/mol.